The number of nitrogens with zero attached hydrogens (tertiary/aromatic N) is 1. The molecule has 0 aromatic heterocycles. The van der Waals surface area contributed by atoms with Gasteiger partial charge in [0.05, 0.1) is 0 Å². The number of rotatable bonds is 6. The number of nitrogens with one attached hydrogen (secondary N) is 1. The summed E-state index contributed by atoms with van der Waals surface area (Å²) in [5.41, 5.74) is 1.04. The molecule has 4 heteroatoms. The molecule has 1 saturated heterocycles. The molecule has 21 heavy (non-hydrogen) atoms. The van der Waals surface area contributed by atoms with Crippen LogP contribution in [0.15, 0.2) is 30.3 Å². The molecule has 0 radical (unpaired) electrons. The molecule has 1 atom stereocenters. The molecule has 1 aliphatic carbocycles. The molecule has 1 amide bonds. The Morgan fingerprint density at radius 1 is 1.24 bits per heavy atom. The number of carbonyl (C=O) groups excluding carboxylic acids is 1. The van der Waals surface area contributed by atoms with Gasteiger partial charge in [-0.15, -0.1) is 0 Å². The zero-order valence-electron chi connectivity index (χ0n) is 12.5. The Labute approximate surface area is 126 Å². The summed E-state index contributed by atoms with van der Waals surface area (Å²) in [6.07, 6.45) is 4.77. The molecular weight excluding hydrogens is 264 g/mol. The molecular formula is C17H24N2O2. The minimum atomic E-state index is -0.170. The number of likely N-dealkylation sites (tertiary alicyclic amines) is 1. The van der Waals surface area contributed by atoms with Crippen LogP contribution < -0.4 is 5.32 Å². The highest BCUT2D eigenvalue weighted by molar-refractivity contribution is 5.68. The number of hydrogen-bond acceptors (Lipinski definition) is 3. The predicted molar refractivity (Wildman–Crippen MR) is 81.9 cm³/mol. The first kappa shape index (κ1) is 14.4. The largest absolute Gasteiger partial charge is 0.445 e. The molecule has 3 rings (SSSR count). The SMILES string of the molecule is O=C(OCc1ccccc1)N1CC[C@@H](CCNC2CC2)C1. The summed E-state index contributed by atoms with van der Waals surface area (Å²) in [7, 11) is 0. The lowest BCUT2D eigenvalue weighted by molar-refractivity contribution is 0.103. The van der Waals surface area contributed by atoms with Crippen molar-refractivity contribution in [1.82, 2.24) is 10.2 Å². The lowest BCUT2D eigenvalue weighted by Gasteiger charge is -2.16. The molecule has 1 aliphatic heterocycles. The quantitative estimate of drug-likeness (QED) is 0.875. The Morgan fingerprint density at radius 2 is 2.05 bits per heavy atom. The van der Waals surface area contributed by atoms with Gasteiger partial charge < -0.3 is 15.0 Å². The van der Waals surface area contributed by atoms with E-state index in [1.807, 2.05) is 35.2 Å². The summed E-state index contributed by atoms with van der Waals surface area (Å²) in [6, 6.07) is 10.6. The third-order valence-electron chi connectivity index (χ3n) is 4.31. The zero-order chi connectivity index (χ0) is 14.5. The summed E-state index contributed by atoms with van der Waals surface area (Å²) in [4.78, 5) is 13.9. The summed E-state index contributed by atoms with van der Waals surface area (Å²) < 4.78 is 5.38. The summed E-state index contributed by atoms with van der Waals surface area (Å²) >= 11 is 0. The zero-order valence-corrected chi connectivity index (χ0v) is 12.5. The molecule has 4 nitrogen and oxygen atoms in total. The number of ether oxygens (including phenoxy) is 1. The number of amides is 1. The van der Waals surface area contributed by atoms with Crippen LogP contribution in [0, 0.1) is 5.92 Å². The van der Waals surface area contributed by atoms with Gasteiger partial charge in [-0.3, -0.25) is 0 Å². The standard InChI is InChI=1S/C17H24N2O2/c20-17(21-13-15-4-2-1-3-5-15)19-11-9-14(12-19)8-10-18-16-6-7-16/h1-5,14,16,18H,6-13H2/t14-/m1/s1. The van der Waals surface area contributed by atoms with Gasteiger partial charge in [0, 0.05) is 19.1 Å². The molecule has 2 aliphatic rings. The summed E-state index contributed by atoms with van der Waals surface area (Å²) in [5, 5.41) is 3.54. The van der Waals surface area contributed by atoms with Gasteiger partial charge in [-0.2, -0.15) is 0 Å². The van der Waals surface area contributed by atoms with Gasteiger partial charge in [-0.1, -0.05) is 30.3 Å². The highest BCUT2D eigenvalue weighted by atomic mass is 16.6. The maximum absolute atomic E-state index is 12.0. The Balaban J connectivity index is 1.35. The van der Waals surface area contributed by atoms with Crippen LogP contribution in [-0.2, 0) is 11.3 Å². The fourth-order valence-electron chi connectivity index (χ4n) is 2.82. The van der Waals surface area contributed by atoms with Crippen molar-refractivity contribution in [3.63, 3.8) is 0 Å². The molecule has 1 aromatic carbocycles. The average molecular weight is 288 g/mol. The van der Waals surface area contributed by atoms with Gasteiger partial charge in [0.15, 0.2) is 0 Å². The van der Waals surface area contributed by atoms with Crippen molar-refractivity contribution in [1.29, 1.82) is 0 Å². The van der Waals surface area contributed by atoms with Crippen LogP contribution in [0.4, 0.5) is 4.79 Å². The second-order valence-electron chi connectivity index (χ2n) is 6.16. The van der Waals surface area contributed by atoms with E-state index in [2.05, 4.69) is 5.32 Å². The van der Waals surface area contributed by atoms with Gasteiger partial charge in [-0.05, 0) is 43.7 Å². The molecule has 1 N–H and O–H groups in total. The molecule has 1 heterocycles. The van der Waals surface area contributed by atoms with Crippen LogP contribution in [0.2, 0.25) is 0 Å². The van der Waals surface area contributed by atoms with Crippen molar-refractivity contribution >= 4 is 6.09 Å². The third-order valence-corrected chi connectivity index (χ3v) is 4.31. The highest BCUT2D eigenvalue weighted by Crippen LogP contribution is 2.22. The van der Waals surface area contributed by atoms with Crippen molar-refractivity contribution in [3.05, 3.63) is 35.9 Å². The second-order valence-corrected chi connectivity index (χ2v) is 6.16. The van der Waals surface area contributed by atoms with Crippen LogP contribution in [-0.4, -0.2) is 36.7 Å². The van der Waals surface area contributed by atoms with Crippen molar-refractivity contribution < 1.29 is 9.53 Å². The van der Waals surface area contributed by atoms with E-state index in [1.165, 1.54) is 19.3 Å². The maximum atomic E-state index is 12.0. The minimum absolute atomic E-state index is 0.170. The lowest BCUT2D eigenvalue weighted by Crippen LogP contribution is -2.29. The number of hydrogen-bond donors (Lipinski definition) is 1. The fourth-order valence-corrected chi connectivity index (χ4v) is 2.82. The first-order valence-electron chi connectivity index (χ1n) is 8.00. The van der Waals surface area contributed by atoms with E-state index < -0.39 is 0 Å². The molecule has 0 spiro atoms. The monoisotopic (exact) mass is 288 g/mol. The normalized spacial score (nSPS) is 21.5. The van der Waals surface area contributed by atoms with E-state index in [1.54, 1.807) is 0 Å². The Morgan fingerprint density at radius 3 is 2.81 bits per heavy atom. The maximum Gasteiger partial charge on any atom is 0.410 e. The Bertz CT molecular complexity index is 459. The van der Waals surface area contributed by atoms with Gasteiger partial charge in [0.25, 0.3) is 0 Å². The van der Waals surface area contributed by atoms with Crippen molar-refractivity contribution in [2.24, 2.45) is 5.92 Å². The first-order chi connectivity index (χ1) is 10.3. The van der Waals surface area contributed by atoms with Gasteiger partial charge >= 0.3 is 6.09 Å². The molecule has 2 fully saturated rings. The van der Waals surface area contributed by atoms with Crippen LogP contribution in [0.3, 0.4) is 0 Å². The molecule has 0 unspecified atom stereocenters. The highest BCUT2D eigenvalue weighted by Gasteiger charge is 2.27. The van der Waals surface area contributed by atoms with Crippen LogP contribution >= 0.6 is 0 Å². The lowest BCUT2D eigenvalue weighted by atomic mass is 10.1. The van der Waals surface area contributed by atoms with E-state index >= 15 is 0 Å². The molecule has 1 saturated carbocycles. The van der Waals surface area contributed by atoms with Crippen LogP contribution in [0.25, 0.3) is 0 Å². The van der Waals surface area contributed by atoms with Crippen molar-refractivity contribution in [2.75, 3.05) is 19.6 Å². The van der Waals surface area contributed by atoms with E-state index in [-0.39, 0.29) is 6.09 Å². The van der Waals surface area contributed by atoms with Crippen molar-refractivity contribution in [2.45, 2.75) is 38.3 Å². The van der Waals surface area contributed by atoms with E-state index in [9.17, 15) is 4.79 Å². The van der Waals surface area contributed by atoms with Crippen molar-refractivity contribution in [3.8, 4) is 0 Å². The summed E-state index contributed by atoms with van der Waals surface area (Å²) in [6.45, 7) is 3.13. The third kappa shape index (κ3) is 4.46. The summed E-state index contributed by atoms with van der Waals surface area (Å²) in [5.74, 6) is 0.625. The molecule has 1 aromatic rings. The van der Waals surface area contributed by atoms with Crippen LogP contribution in [0.5, 0.6) is 0 Å². The van der Waals surface area contributed by atoms with E-state index in [0.717, 1.165) is 37.7 Å². The first-order valence-corrected chi connectivity index (χ1v) is 8.00. The Hall–Kier alpha value is -1.55. The average Bonchev–Trinajstić information content (AvgIpc) is 3.22. The van der Waals surface area contributed by atoms with Crippen LogP contribution in [0.1, 0.15) is 31.2 Å². The number of carbonyl (C=O) groups is 1. The number of benzene rings is 1. The second kappa shape index (κ2) is 6.94. The fraction of sp³-hybridized carbons (Fsp3) is 0.588. The minimum Gasteiger partial charge on any atom is -0.445 e. The van der Waals surface area contributed by atoms with Gasteiger partial charge in [0.2, 0.25) is 0 Å². The van der Waals surface area contributed by atoms with E-state index in [0.29, 0.717) is 12.5 Å². The topological polar surface area (TPSA) is 41.6 Å². The molecule has 114 valence electrons. The smallest absolute Gasteiger partial charge is 0.410 e. The molecule has 0 bridgehead atoms. The Kier molecular flexibility index (Phi) is 4.76. The van der Waals surface area contributed by atoms with E-state index in [4.69, 9.17) is 4.74 Å². The predicted octanol–water partition coefficient (Wildman–Crippen LogP) is 2.79. The van der Waals surface area contributed by atoms with Gasteiger partial charge in [0.1, 0.15) is 6.61 Å². The van der Waals surface area contributed by atoms with Gasteiger partial charge in [-0.25, -0.2) is 4.79 Å².